The predicted octanol–water partition coefficient (Wildman–Crippen LogP) is 4.05. The number of ether oxygens (including phenoxy) is 1. The van der Waals surface area contributed by atoms with Crippen LogP contribution >= 0.6 is 11.6 Å². The predicted molar refractivity (Wildman–Crippen MR) is 142 cm³/mol. The summed E-state index contributed by atoms with van der Waals surface area (Å²) >= 11 is 6.07. The number of anilines is 2. The van der Waals surface area contributed by atoms with Crippen molar-refractivity contribution in [3.05, 3.63) is 51.3 Å². The van der Waals surface area contributed by atoms with Gasteiger partial charge in [0.05, 0.1) is 5.69 Å². The molecule has 0 aromatic carbocycles. The Hall–Kier alpha value is -3.18. The molecule has 2 aliphatic rings. The highest BCUT2D eigenvalue weighted by atomic mass is 35.5. The molecule has 0 spiro atoms. The van der Waals surface area contributed by atoms with Crippen molar-refractivity contribution >= 4 is 35.0 Å². The van der Waals surface area contributed by atoms with Gasteiger partial charge >= 0.3 is 18.3 Å². The molecular weight excluding hydrogens is 515 g/mol. The van der Waals surface area contributed by atoms with Crippen LogP contribution in [0.4, 0.5) is 20.7 Å². The Labute approximate surface area is 226 Å². The number of aliphatic hydroxyl groups excluding tert-OH is 1. The molecule has 0 aliphatic carbocycles. The zero-order chi connectivity index (χ0) is 28.1. The number of aliphatic hydroxyl groups is 1. The number of amides is 1. The van der Waals surface area contributed by atoms with Gasteiger partial charge in [-0.05, 0) is 69.8 Å². The maximum atomic E-state index is 14.9. The van der Waals surface area contributed by atoms with Crippen LogP contribution in [0.3, 0.4) is 0 Å². The van der Waals surface area contributed by atoms with Gasteiger partial charge in [0, 0.05) is 31.9 Å². The number of hydrogen-bond donors (Lipinski definition) is 1. The highest BCUT2D eigenvalue weighted by Crippen LogP contribution is 2.40. The van der Waals surface area contributed by atoms with Gasteiger partial charge in [-0.15, -0.1) is 0 Å². The maximum absolute atomic E-state index is 14.9. The maximum Gasteiger partial charge on any atom is 0.410 e. The number of fused-ring (bicyclic) bond motifs is 1. The summed E-state index contributed by atoms with van der Waals surface area (Å²) in [6, 6.07) is 2.66. The molecule has 10 nitrogen and oxygen atoms in total. The van der Waals surface area contributed by atoms with E-state index in [-0.39, 0.29) is 33.9 Å². The van der Waals surface area contributed by atoms with Gasteiger partial charge in [0.2, 0.25) is 5.15 Å². The SMILES string of the molecule is Cc1ccnc(C(C)C)c1N1c2c(cc(F)c(Cl)[n+]2[O-])C(N2CCN(C(=O)OC(C)(C)C)C[C@@H]2C)=NC1O. The van der Waals surface area contributed by atoms with Gasteiger partial charge < -0.3 is 24.9 Å². The molecule has 0 bridgehead atoms. The van der Waals surface area contributed by atoms with E-state index in [1.54, 1.807) is 37.9 Å². The Morgan fingerprint density at radius 2 is 2.03 bits per heavy atom. The summed E-state index contributed by atoms with van der Waals surface area (Å²) in [6.07, 6.45) is -0.269. The number of piperazine rings is 1. The second-order valence-electron chi connectivity index (χ2n) is 11.0. The number of nitrogens with zero attached hydrogens (tertiary/aromatic N) is 6. The van der Waals surface area contributed by atoms with Crippen LogP contribution in [-0.4, -0.2) is 69.4 Å². The fourth-order valence-corrected chi connectivity index (χ4v) is 4.95. The monoisotopic (exact) mass is 548 g/mol. The van der Waals surface area contributed by atoms with Gasteiger partial charge in [-0.1, -0.05) is 13.8 Å². The summed E-state index contributed by atoms with van der Waals surface area (Å²) in [5, 5.41) is 24.1. The molecule has 38 heavy (non-hydrogen) atoms. The van der Waals surface area contributed by atoms with Crippen molar-refractivity contribution in [3.63, 3.8) is 0 Å². The molecule has 1 amide bonds. The van der Waals surface area contributed by atoms with Crippen LogP contribution in [0.2, 0.25) is 5.15 Å². The Morgan fingerprint density at radius 3 is 2.63 bits per heavy atom. The first-order valence-corrected chi connectivity index (χ1v) is 13.0. The summed E-state index contributed by atoms with van der Waals surface area (Å²) in [5.41, 5.74) is 1.47. The molecule has 12 heteroatoms. The largest absolute Gasteiger partial charge is 0.709 e. The molecule has 206 valence electrons. The number of hydrogen-bond acceptors (Lipinski definition) is 8. The normalized spacial score (nSPS) is 20.0. The molecule has 1 unspecified atom stereocenters. The van der Waals surface area contributed by atoms with E-state index in [2.05, 4.69) is 9.98 Å². The summed E-state index contributed by atoms with van der Waals surface area (Å²) in [4.78, 5) is 26.5. The highest BCUT2D eigenvalue weighted by Gasteiger charge is 2.44. The number of aliphatic imine (C=N–C) groups is 1. The average Bonchev–Trinajstić information content (AvgIpc) is 2.82. The van der Waals surface area contributed by atoms with Crippen molar-refractivity contribution in [2.75, 3.05) is 24.5 Å². The lowest BCUT2D eigenvalue weighted by molar-refractivity contribution is -0.591. The van der Waals surface area contributed by atoms with Gasteiger partial charge in [-0.3, -0.25) is 4.98 Å². The van der Waals surface area contributed by atoms with E-state index in [4.69, 9.17) is 16.3 Å². The van der Waals surface area contributed by atoms with Crippen LogP contribution in [0.25, 0.3) is 0 Å². The van der Waals surface area contributed by atoms with E-state index < -0.39 is 29.0 Å². The molecular formula is C26H34ClFN6O4. The Bertz CT molecular complexity index is 1280. The molecule has 1 N–H and O–H groups in total. The number of halogens is 2. The molecule has 2 atom stereocenters. The second kappa shape index (κ2) is 10.2. The minimum Gasteiger partial charge on any atom is -0.709 e. The molecule has 4 heterocycles. The van der Waals surface area contributed by atoms with Crippen molar-refractivity contribution in [1.82, 2.24) is 14.8 Å². The van der Waals surface area contributed by atoms with E-state index in [1.165, 1.54) is 4.90 Å². The first-order valence-electron chi connectivity index (χ1n) is 12.6. The fourth-order valence-electron chi connectivity index (χ4n) is 4.81. The van der Waals surface area contributed by atoms with Crippen molar-refractivity contribution in [3.8, 4) is 0 Å². The van der Waals surface area contributed by atoms with Gasteiger partial charge in [0.25, 0.3) is 0 Å². The number of rotatable bonds is 2. The summed E-state index contributed by atoms with van der Waals surface area (Å²) < 4.78 is 20.6. The van der Waals surface area contributed by atoms with Gasteiger partial charge in [0.15, 0.2) is 11.5 Å². The lowest BCUT2D eigenvalue weighted by atomic mass is 10.0. The second-order valence-corrected chi connectivity index (χ2v) is 11.3. The molecule has 1 saturated heterocycles. The van der Waals surface area contributed by atoms with Crippen molar-refractivity contribution in [2.24, 2.45) is 4.99 Å². The highest BCUT2D eigenvalue weighted by molar-refractivity contribution is 6.28. The molecule has 4 rings (SSSR count). The van der Waals surface area contributed by atoms with Crippen LogP contribution in [-0.2, 0) is 4.74 Å². The van der Waals surface area contributed by atoms with Gasteiger partial charge in [-0.25, -0.2) is 13.9 Å². The third kappa shape index (κ3) is 5.09. The zero-order valence-corrected chi connectivity index (χ0v) is 23.5. The smallest absolute Gasteiger partial charge is 0.410 e. The van der Waals surface area contributed by atoms with E-state index >= 15 is 0 Å². The quantitative estimate of drug-likeness (QED) is 0.342. The Morgan fingerprint density at radius 1 is 1.34 bits per heavy atom. The topological polar surface area (TPSA) is 108 Å². The molecule has 1 fully saturated rings. The van der Waals surface area contributed by atoms with E-state index in [0.29, 0.717) is 31.0 Å². The number of carbonyl (C=O) groups excluding carboxylic acids is 1. The van der Waals surface area contributed by atoms with Crippen molar-refractivity contribution in [2.45, 2.75) is 72.4 Å². The number of aromatic nitrogens is 2. The van der Waals surface area contributed by atoms with Crippen LogP contribution in [0.15, 0.2) is 23.3 Å². The zero-order valence-electron chi connectivity index (χ0n) is 22.7. The number of aryl methyl sites for hydroxylation is 1. The Balaban J connectivity index is 1.78. The molecule has 2 aromatic rings. The van der Waals surface area contributed by atoms with E-state index in [9.17, 15) is 19.5 Å². The lowest BCUT2D eigenvalue weighted by Crippen LogP contribution is -2.58. The van der Waals surface area contributed by atoms with Crippen LogP contribution in [0.5, 0.6) is 0 Å². The fraction of sp³-hybridized carbons (Fsp3) is 0.538. The summed E-state index contributed by atoms with van der Waals surface area (Å²) in [5.74, 6) is -0.749. The first-order chi connectivity index (χ1) is 17.7. The van der Waals surface area contributed by atoms with E-state index in [0.717, 1.165) is 11.6 Å². The first kappa shape index (κ1) is 27.8. The van der Waals surface area contributed by atoms with Crippen LogP contribution in [0, 0.1) is 17.9 Å². The van der Waals surface area contributed by atoms with Gasteiger partial charge in [0.1, 0.15) is 17.0 Å². The van der Waals surface area contributed by atoms with E-state index in [1.807, 2.05) is 32.6 Å². The molecule has 0 radical (unpaired) electrons. The Kier molecular flexibility index (Phi) is 7.46. The standard InChI is InChI=1S/C26H34ClFN6O4/c1-14(2)19-20(15(3)8-9-29-19)33-23-17(12-18(28)21(27)34(23)37)22(30-24(33)35)32-11-10-31(13-16(32)4)25(36)38-26(5,6)7/h8-9,12,14,16,24,35H,10-11,13H2,1-7H3/t16-,24?/m0/s1. The summed E-state index contributed by atoms with van der Waals surface area (Å²) in [7, 11) is 0. The van der Waals surface area contributed by atoms with Crippen LogP contribution in [0.1, 0.15) is 64.3 Å². The van der Waals surface area contributed by atoms with Gasteiger partial charge in [-0.2, -0.15) is 9.89 Å². The lowest BCUT2D eigenvalue weighted by Gasteiger charge is -2.43. The average molecular weight is 549 g/mol. The minimum absolute atomic E-state index is 0.0390. The molecule has 0 saturated carbocycles. The number of carbonyl (C=O) groups is 1. The molecule has 2 aromatic heterocycles. The number of pyridine rings is 2. The van der Waals surface area contributed by atoms with Crippen molar-refractivity contribution in [1.29, 1.82) is 0 Å². The third-order valence-electron chi connectivity index (χ3n) is 6.51. The minimum atomic E-state index is -1.50. The van der Waals surface area contributed by atoms with Crippen molar-refractivity contribution < 1.29 is 23.8 Å². The third-order valence-corrected chi connectivity index (χ3v) is 6.84. The summed E-state index contributed by atoms with van der Waals surface area (Å²) in [6.45, 7) is 14.0. The molecule has 2 aliphatic heterocycles. The van der Waals surface area contributed by atoms with Crippen LogP contribution < -0.4 is 9.63 Å². The number of amidine groups is 1.